The molecule has 2 aromatic rings. The number of hydrogen-bond donors (Lipinski definition) is 1. The number of benzene rings is 1. The summed E-state index contributed by atoms with van der Waals surface area (Å²) in [5, 5.41) is 3.00. The zero-order chi connectivity index (χ0) is 15.4. The Morgan fingerprint density at radius 1 is 1.14 bits per heavy atom. The van der Waals surface area contributed by atoms with Gasteiger partial charge in [-0.2, -0.15) is 0 Å². The molecule has 0 bridgehead atoms. The summed E-state index contributed by atoms with van der Waals surface area (Å²) in [6, 6.07) is 9.71. The van der Waals surface area contributed by atoms with Gasteiger partial charge in [0.1, 0.15) is 11.4 Å². The summed E-state index contributed by atoms with van der Waals surface area (Å²) in [6.07, 6.45) is 5.95. The van der Waals surface area contributed by atoms with E-state index < -0.39 is 0 Å². The largest absolute Gasteiger partial charge is 0.372 e. The maximum Gasteiger partial charge on any atom is 0.259 e. The predicted octanol–water partition coefficient (Wildman–Crippen LogP) is 2.61. The Hall–Kier alpha value is -2.43. The van der Waals surface area contributed by atoms with Gasteiger partial charge in [0.25, 0.3) is 5.91 Å². The molecule has 3 rings (SSSR count). The first kappa shape index (κ1) is 14.5. The van der Waals surface area contributed by atoms with E-state index in [-0.39, 0.29) is 5.91 Å². The number of nitrogens with zero attached hydrogens (tertiary/aromatic N) is 3. The summed E-state index contributed by atoms with van der Waals surface area (Å²) in [5.74, 6) is 0.529. The number of nitrogens with one attached hydrogen (secondary N) is 1. The molecule has 1 aromatic carbocycles. The zero-order valence-electron chi connectivity index (χ0n) is 12.7. The molecule has 1 radical (unpaired) electrons. The van der Waals surface area contributed by atoms with E-state index in [0.29, 0.717) is 17.1 Å². The van der Waals surface area contributed by atoms with Crippen LogP contribution in [0, 0.1) is 6.33 Å². The molecule has 1 N–H and O–H groups in total. The SMILES string of the molecule is CNc1n[c]nc(-c2ccccc2)c1C(=O)N1CCCCC1. The minimum absolute atomic E-state index is 0.00287. The Morgan fingerprint density at radius 3 is 2.55 bits per heavy atom. The summed E-state index contributed by atoms with van der Waals surface area (Å²) in [4.78, 5) is 23.2. The number of likely N-dealkylation sites (tertiary alicyclic amines) is 1. The highest BCUT2D eigenvalue weighted by molar-refractivity contribution is 6.04. The van der Waals surface area contributed by atoms with Crippen molar-refractivity contribution in [2.75, 3.05) is 25.5 Å². The topological polar surface area (TPSA) is 58.1 Å². The number of carbonyl (C=O) groups excluding carboxylic acids is 1. The van der Waals surface area contributed by atoms with Crippen LogP contribution < -0.4 is 5.32 Å². The fourth-order valence-corrected chi connectivity index (χ4v) is 2.79. The van der Waals surface area contributed by atoms with E-state index in [2.05, 4.69) is 21.6 Å². The van der Waals surface area contributed by atoms with Gasteiger partial charge in [0.2, 0.25) is 0 Å². The number of aromatic nitrogens is 2. The lowest BCUT2D eigenvalue weighted by Gasteiger charge is -2.27. The summed E-state index contributed by atoms with van der Waals surface area (Å²) >= 11 is 0. The summed E-state index contributed by atoms with van der Waals surface area (Å²) in [5.41, 5.74) is 2.07. The number of amides is 1. The number of anilines is 1. The molecule has 113 valence electrons. The van der Waals surface area contributed by atoms with Crippen molar-refractivity contribution in [2.45, 2.75) is 19.3 Å². The van der Waals surface area contributed by atoms with Crippen LogP contribution >= 0.6 is 0 Å². The van der Waals surface area contributed by atoms with E-state index in [4.69, 9.17) is 0 Å². The summed E-state index contributed by atoms with van der Waals surface area (Å²) < 4.78 is 0. The van der Waals surface area contributed by atoms with Crippen molar-refractivity contribution >= 4 is 11.7 Å². The second-order valence-electron chi connectivity index (χ2n) is 5.36. The van der Waals surface area contributed by atoms with Crippen molar-refractivity contribution in [3.05, 3.63) is 42.2 Å². The third kappa shape index (κ3) is 2.79. The van der Waals surface area contributed by atoms with Crippen LogP contribution in [-0.4, -0.2) is 40.9 Å². The van der Waals surface area contributed by atoms with Gasteiger partial charge in [-0.05, 0) is 19.3 Å². The Morgan fingerprint density at radius 2 is 1.86 bits per heavy atom. The van der Waals surface area contributed by atoms with E-state index in [1.807, 2.05) is 35.2 Å². The van der Waals surface area contributed by atoms with Crippen LogP contribution in [0.1, 0.15) is 29.6 Å². The molecule has 0 unspecified atom stereocenters. The maximum absolute atomic E-state index is 13.0. The van der Waals surface area contributed by atoms with Crippen molar-refractivity contribution in [1.29, 1.82) is 0 Å². The lowest BCUT2D eigenvalue weighted by atomic mass is 10.0. The molecular weight excluding hydrogens is 276 g/mol. The molecule has 0 aliphatic carbocycles. The number of hydrogen-bond acceptors (Lipinski definition) is 4. The Bertz CT molecular complexity index is 651. The molecule has 1 amide bonds. The van der Waals surface area contributed by atoms with E-state index in [1.165, 1.54) is 6.42 Å². The summed E-state index contributed by atoms with van der Waals surface area (Å²) in [6.45, 7) is 1.60. The van der Waals surface area contributed by atoms with Gasteiger partial charge in [-0.15, -0.1) is 0 Å². The highest BCUT2D eigenvalue weighted by atomic mass is 16.2. The van der Waals surface area contributed by atoms with Gasteiger partial charge < -0.3 is 10.2 Å². The number of piperidine rings is 1. The number of rotatable bonds is 3. The van der Waals surface area contributed by atoms with E-state index in [0.717, 1.165) is 31.5 Å². The second kappa shape index (κ2) is 6.56. The molecule has 1 aromatic heterocycles. The second-order valence-corrected chi connectivity index (χ2v) is 5.36. The van der Waals surface area contributed by atoms with Gasteiger partial charge in [0.05, 0.1) is 5.69 Å². The van der Waals surface area contributed by atoms with Crippen molar-refractivity contribution in [1.82, 2.24) is 14.9 Å². The fraction of sp³-hybridized carbons (Fsp3) is 0.353. The van der Waals surface area contributed by atoms with Crippen molar-refractivity contribution < 1.29 is 4.79 Å². The van der Waals surface area contributed by atoms with Gasteiger partial charge in [0.15, 0.2) is 6.33 Å². The third-order valence-electron chi connectivity index (χ3n) is 3.94. The molecule has 0 spiro atoms. The highest BCUT2D eigenvalue weighted by Gasteiger charge is 2.25. The van der Waals surface area contributed by atoms with Gasteiger partial charge in [-0.25, -0.2) is 9.97 Å². The van der Waals surface area contributed by atoms with Crippen LogP contribution in [0.15, 0.2) is 30.3 Å². The van der Waals surface area contributed by atoms with Crippen LogP contribution in [0.25, 0.3) is 11.3 Å². The van der Waals surface area contributed by atoms with Gasteiger partial charge in [-0.1, -0.05) is 30.3 Å². The van der Waals surface area contributed by atoms with Crippen molar-refractivity contribution in [3.8, 4) is 11.3 Å². The molecule has 5 nitrogen and oxygen atoms in total. The Kier molecular flexibility index (Phi) is 4.32. The van der Waals surface area contributed by atoms with Crippen molar-refractivity contribution in [3.63, 3.8) is 0 Å². The monoisotopic (exact) mass is 295 g/mol. The molecule has 0 saturated carbocycles. The average molecular weight is 295 g/mol. The summed E-state index contributed by atoms with van der Waals surface area (Å²) in [7, 11) is 1.76. The molecule has 0 atom stereocenters. The van der Waals surface area contributed by atoms with Crippen LogP contribution in [-0.2, 0) is 0 Å². The zero-order valence-corrected chi connectivity index (χ0v) is 12.7. The number of carbonyl (C=O) groups is 1. The minimum Gasteiger partial charge on any atom is -0.372 e. The van der Waals surface area contributed by atoms with Gasteiger partial charge in [-0.3, -0.25) is 4.79 Å². The third-order valence-corrected chi connectivity index (χ3v) is 3.94. The molecule has 1 aliphatic heterocycles. The molecule has 5 heteroatoms. The lowest BCUT2D eigenvalue weighted by molar-refractivity contribution is 0.0725. The Balaban J connectivity index is 2.06. The molecule has 22 heavy (non-hydrogen) atoms. The van der Waals surface area contributed by atoms with Crippen LogP contribution in [0.4, 0.5) is 5.82 Å². The normalized spacial score (nSPS) is 14.7. The van der Waals surface area contributed by atoms with E-state index in [9.17, 15) is 4.79 Å². The van der Waals surface area contributed by atoms with E-state index in [1.54, 1.807) is 7.05 Å². The van der Waals surface area contributed by atoms with Gasteiger partial charge in [0, 0.05) is 25.7 Å². The van der Waals surface area contributed by atoms with Gasteiger partial charge >= 0.3 is 0 Å². The maximum atomic E-state index is 13.0. The standard InChI is InChI=1S/C17H19N4O/c1-18-16-14(17(22)21-10-6-3-7-11-21)15(19-12-20-16)13-8-4-2-5-9-13/h2,4-5,8-9H,3,6-7,10-11H2,1H3,(H,18,19,20). The molecular formula is C17H19N4O. The fourth-order valence-electron chi connectivity index (χ4n) is 2.79. The molecule has 1 fully saturated rings. The highest BCUT2D eigenvalue weighted by Crippen LogP contribution is 2.27. The minimum atomic E-state index is -0.00287. The average Bonchev–Trinajstić information content (AvgIpc) is 2.62. The quantitative estimate of drug-likeness (QED) is 0.945. The Labute approximate surface area is 130 Å². The van der Waals surface area contributed by atoms with E-state index >= 15 is 0 Å². The van der Waals surface area contributed by atoms with Crippen LogP contribution in [0.3, 0.4) is 0 Å². The van der Waals surface area contributed by atoms with Crippen molar-refractivity contribution in [2.24, 2.45) is 0 Å². The smallest absolute Gasteiger partial charge is 0.259 e. The lowest BCUT2D eigenvalue weighted by Crippen LogP contribution is -2.36. The first-order valence-electron chi connectivity index (χ1n) is 7.62. The molecule has 1 aliphatic rings. The molecule has 1 saturated heterocycles. The predicted molar refractivity (Wildman–Crippen MR) is 85.6 cm³/mol. The van der Waals surface area contributed by atoms with Crippen LogP contribution in [0.2, 0.25) is 0 Å². The van der Waals surface area contributed by atoms with Crippen LogP contribution in [0.5, 0.6) is 0 Å². The first-order chi connectivity index (χ1) is 10.8. The molecule has 2 heterocycles. The first-order valence-corrected chi connectivity index (χ1v) is 7.62.